The van der Waals surface area contributed by atoms with Crippen LogP contribution in [0.25, 0.3) is 15.9 Å². The summed E-state index contributed by atoms with van der Waals surface area (Å²) in [7, 11) is 0. The number of benzene rings is 1. The number of morpholine rings is 1. The van der Waals surface area contributed by atoms with Crippen molar-refractivity contribution in [3.8, 4) is 0 Å². The van der Waals surface area contributed by atoms with Gasteiger partial charge in [0.2, 0.25) is 5.91 Å². The van der Waals surface area contributed by atoms with E-state index in [1.807, 2.05) is 35.6 Å². The molecule has 6 rings (SSSR count). The Morgan fingerprint density at radius 3 is 2.88 bits per heavy atom. The van der Waals surface area contributed by atoms with E-state index in [0.717, 1.165) is 59.0 Å². The maximum absolute atomic E-state index is 12.9. The number of rotatable bonds is 5. The summed E-state index contributed by atoms with van der Waals surface area (Å²) in [6, 6.07) is 7.93. The van der Waals surface area contributed by atoms with Crippen LogP contribution in [0.4, 0.5) is 11.4 Å². The maximum atomic E-state index is 12.9. The molecule has 1 amide bonds. The van der Waals surface area contributed by atoms with Gasteiger partial charge in [0.25, 0.3) is 0 Å². The number of nitrogens with zero attached hydrogens (tertiary/aromatic N) is 5. The number of anilines is 2. The Bertz CT molecular complexity index is 1380. The molecule has 34 heavy (non-hydrogen) atoms. The van der Waals surface area contributed by atoms with Crippen molar-refractivity contribution >= 4 is 56.2 Å². The second-order valence-corrected chi connectivity index (χ2v) is 10.7. The van der Waals surface area contributed by atoms with Gasteiger partial charge in [0.1, 0.15) is 10.7 Å². The minimum Gasteiger partial charge on any atom is -0.378 e. The highest BCUT2D eigenvalue weighted by atomic mass is 32.2. The largest absolute Gasteiger partial charge is 0.378 e. The number of hydrogen-bond acceptors (Lipinski definition) is 8. The number of amides is 1. The number of aryl methyl sites for hydroxylation is 3. The summed E-state index contributed by atoms with van der Waals surface area (Å²) in [5.41, 5.74) is 4.11. The number of nitrogens with one attached hydrogen (secondary N) is 1. The van der Waals surface area contributed by atoms with Gasteiger partial charge >= 0.3 is 0 Å². The standard InChI is InChI=1S/C24H26N6O2S2/c1-15-25-23-21(16-6-2-5-9-19(16)34-23)22-27-28-24(30(15)22)33-14-20(31)26-17-7-3-4-8-18(17)29-10-12-32-13-11-29/h3-4,7-8H,2,5-6,9-14H2,1H3,(H,26,31). The Kier molecular flexibility index (Phi) is 5.88. The van der Waals surface area contributed by atoms with E-state index in [2.05, 4.69) is 20.4 Å². The molecule has 1 aromatic carbocycles. The summed E-state index contributed by atoms with van der Waals surface area (Å²) >= 11 is 3.19. The first-order valence-electron chi connectivity index (χ1n) is 11.7. The molecule has 1 saturated heterocycles. The lowest BCUT2D eigenvalue weighted by atomic mass is 9.97. The lowest BCUT2D eigenvalue weighted by molar-refractivity contribution is -0.113. The molecule has 4 aromatic rings. The van der Waals surface area contributed by atoms with E-state index in [4.69, 9.17) is 9.72 Å². The molecule has 10 heteroatoms. The van der Waals surface area contributed by atoms with E-state index < -0.39 is 0 Å². The first kappa shape index (κ1) is 21.8. The molecule has 0 bridgehead atoms. The number of ether oxygens (including phenoxy) is 1. The molecular formula is C24H26N6O2S2. The molecule has 0 saturated carbocycles. The second kappa shape index (κ2) is 9.16. The molecule has 0 atom stereocenters. The normalized spacial score (nSPS) is 16.2. The van der Waals surface area contributed by atoms with Crippen LogP contribution >= 0.6 is 23.1 Å². The van der Waals surface area contributed by atoms with Gasteiger partial charge in [-0.2, -0.15) is 0 Å². The van der Waals surface area contributed by atoms with Crippen LogP contribution in [0.2, 0.25) is 0 Å². The van der Waals surface area contributed by atoms with Gasteiger partial charge in [0, 0.05) is 18.0 Å². The minimum absolute atomic E-state index is 0.0675. The second-order valence-electron chi connectivity index (χ2n) is 8.65. The zero-order chi connectivity index (χ0) is 23.1. The van der Waals surface area contributed by atoms with Crippen molar-refractivity contribution in [2.24, 2.45) is 0 Å². The van der Waals surface area contributed by atoms with Gasteiger partial charge in [0.05, 0.1) is 35.7 Å². The summed E-state index contributed by atoms with van der Waals surface area (Å²) in [5.74, 6) is 1.03. The summed E-state index contributed by atoms with van der Waals surface area (Å²) in [6.45, 7) is 5.02. The van der Waals surface area contributed by atoms with Gasteiger partial charge in [-0.25, -0.2) is 4.98 Å². The lowest BCUT2D eigenvalue weighted by Crippen LogP contribution is -2.36. The zero-order valence-corrected chi connectivity index (χ0v) is 20.7. The van der Waals surface area contributed by atoms with Gasteiger partial charge in [-0.1, -0.05) is 23.9 Å². The van der Waals surface area contributed by atoms with Crippen molar-refractivity contribution in [2.75, 3.05) is 42.3 Å². The Hall–Kier alpha value is -2.69. The van der Waals surface area contributed by atoms with Gasteiger partial charge in [-0.3, -0.25) is 9.20 Å². The number of carbonyl (C=O) groups is 1. The average molecular weight is 495 g/mol. The minimum atomic E-state index is -0.0675. The van der Waals surface area contributed by atoms with Gasteiger partial charge in [0.15, 0.2) is 10.8 Å². The van der Waals surface area contributed by atoms with Crippen molar-refractivity contribution in [2.45, 2.75) is 37.8 Å². The Labute approximate surface area is 205 Å². The molecule has 3 aromatic heterocycles. The molecule has 1 N–H and O–H groups in total. The first-order valence-corrected chi connectivity index (χ1v) is 13.5. The molecule has 0 radical (unpaired) electrons. The number of para-hydroxylation sites is 2. The van der Waals surface area contributed by atoms with Crippen LogP contribution in [0.3, 0.4) is 0 Å². The zero-order valence-electron chi connectivity index (χ0n) is 19.0. The number of thiophene rings is 1. The third kappa shape index (κ3) is 3.93. The van der Waals surface area contributed by atoms with E-state index in [-0.39, 0.29) is 11.7 Å². The molecule has 1 fully saturated rings. The van der Waals surface area contributed by atoms with E-state index in [1.165, 1.54) is 35.0 Å². The fourth-order valence-corrected chi connectivity index (χ4v) is 6.93. The van der Waals surface area contributed by atoms with Gasteiger partial charge in [-0.05, 0) is 50.3 Å². The Balaban J connectivity index is 1.22. The Morgan fingerprint density at radius 2 is 2.00 bits per heavy atom. The SMILES string of the molecule is Cc1nc2sc3c(c2c2nnc(SCC(=O)Nc4ccccc4N4CCOCC4)n12)CCCC3. The maximum Gasteiger partial charge on any atom is 0.234 e. The first-order chi connectivity index (χ1) is 16.7. The lowest BCUT2D eigenvalue weighted by Gasteiger charge is -2.30. The summed E-state index contributed by atoms with van der Waals surface area (Å²) in [5, 5.41) is 13.9. The van der Waals surface area contributed by atoms with Crippen molar-refractivity contribution in [1.82, 2.24) is 19.6 Å². The van der Waals surface area contributed by atoms with Crippen LogP contribution in [0.1, 0.15) is 29.1 Å². The molecule has 1 aliphatic heterocycles. The number of fused-ring (bicyclic) bond motifs is 5. The van der Waals surface area contributed by atoms with Crippen molar-refractivity contribution in [1.29, 1.82) is 0 Å². The number of hydrogen-bond donors (Lipinski definition) is 1. The highest BCUT2D eigenvalue weighted by molar-refractivity contribution is 7.99. The van der Waals surface area contributed by atoms with Crippen LogP contribution in [-0.2, 0) is 22.4 Å². The fourth-order valence-electron chi connectivity index (χ4n) is 4.85. The van der Waals surface area contributed by atoms with Gasteiger partial charge in [-0.15, -0.1) is 21.5 Å². The summed E-state index contributed by atoms with van der Waals surface area (Å²) in [4.78, 5) is 22.5. The quantitative estimate of drug-likeness (QED) is 0.418. The molecule has 8 nitrogen and oxygen atoms in total. The average Bonchev–Trinajstić information content (AvgIpc) is 3.45. The molecule has 0 unspecified atom stereocenters. The van der Waals surface area contributed by atoms with Crippen LogP contribution < -0.4 is 10.2 Å². The predicted octanol–water partition coefficient (Wildman–Crippen LogP) is 4.09. The highest BCUT2D eigenvalue weighted by Crippen LogP contribution is 2.38. The third-order valence-electron chi connectivity index (χ3n) is 6.46. The van der Waals surface area contributed by atoms with Crippen LogP contribution in [0, 0.1) is 6.92 Å². The third-order valence-corrected chi connectivity index (χ3v) is 8.57. The van der Waals surface area contributed by atoms with E-state index in [9.17, 15) is 4.79 Å². The predicted molar refractivity (Wildman–Crippen MR) is 136 cm³/mol. The summed E-state index contributed by atoms with van der Waals surface area (Å²) in [6.07, 6.45) is 4.66. The van der Waals surface area contributed by atoms with Crippen LogP contribution in [0.15, 0.2) is 29.4 Å². The number of aromatic nitrogens is 4. The number of carbonyl (C=O) groups excluding carboxylic acids is 1. The number of thioether (sulfide) groups is 1. The Morgan fingerprint density at radius 1 is 1.18 bits per heavy atom. The van der Waals surface area contributed by atoms with Crippen molar-refractivity contribution in [3.05, 3.63) is 40.5 Å². The van der Waals surface area contributed by atoms with Crippen molar-refractivity contribution < 1.29 is 9.53 Å². The van der Waals surface area contributed by atoms with E-state index in [0.29, 0.717) is 18.4 Å². The van der Waals surface area contributed by atoms with Gasteiger partial charge < -0.3 is 15.0 Å². The van der Waals surface area contributed by atoms with E-state index >= 15 is 0 Å². The fraction of sp³-hybridized carbons (Fsp3) is 0.417. The van der Waals surface area contributed by atoms with Crippen LogP contribution in [-0.4, -0.2) is 57.5 Å². The monoisotopic (exact) mass is 494 g/mol. The summed E-state index contributed by atoms with van der Waals surface area (Å²) < 4.78 is 7.47. The smallest absolute Gasteiger partial charge is 0.234 e. The molecule has 4 heterocycles. The molecule has 2 aliphatic rings. The molecule has 176 valence electrons. The van der Waals surface area contributed by atoms with E-state index in [1.54, 1.807) is 11.3 Å². The molecule has 1 aliphatic carbocycles. The highest BCUT2D eigenvalue weighted by Gasteiger charge is 2.23. The van der Waals surface area contributed by atoms with Crippen LogP contribution in [0.5, 0.6) is 0 Å². The molecular weight excluding hydrogens is 468 g/mol. The molecule has 0 spiro atoms. The van der Waals surface area contributed by atoms with Crippen molar-refractivity contribution in [3.63, 3.8) is 0 Å². The topological polar surface area (TPSA) is 84.6 Å².